The minimum absolute atomic E-state index is 0.421. The first-order chi connectivity index (χ1) is 10.5. The van der Waals surface area contributed by atoms with Crippen LogP contribution in [0.15, 0.2) is 0 Å². The highest BCUT2D eigenvalue weighted by Gasteiger charge is 2.61. The van der Waals surface area contributed by atoms with Gasteiger partial charge in [0.25, 0.3) is 0 Å². The van der Waals surface area contributed by atoms with Crippen molar-refractivity contribution in [3.63, 3.8) is 0 Å². The molecule has 0 radical (unpaired) electrons. The molecule has 0 unspecified atom stereocenters. The molecule has 0 spiro atoms. The van der Waals surface area contributed by atoms with Crippen LogP contribution < -0.4 is 4.90 Å². The maximum atomic E-state index is 6.45. The third kappa shape index (κ3) is 3.53. The zero-order valence-electron chi connectivity index (χ0n) is 15.8. The van der Waals surface area contributed by atoms with E-state index < -0.39 is 0 Å². The number of unbranched alkanes of at least 4 members (excludes halogenated alkanes) is 2. The van der Waals surface area contributed by atoms with Crippen LogP contribution in [0.4, 0.5) is 0 Å². The molecule has 2 bridgehead atoms. The summed E-state index contributed by atoms with van der Waals surface area (Å²) in [5.74, 6) is 0.895. The zero-order chi connectivity index (χ0) is 16.2. The molecule has 130 valence electrons. The van der Waals surface area contributed by atoms with Gasteiger partial charge in [-0.25, -0.2) is 0 Å². The van der Waals surface area contributed by atoms with Crippen molar-refractivity contribution in [2.24, 2.45) is 16.7 Å². The smallest absolute Gasteiger partial charge is 0.101 e. The third-order valence-electron chi connectivity index (χ3n) is 7.26. The van der Waals surface area contributed by atoms with E-state index in [0.29, 0.717) is 16.9 Å². The number of nitrogens with one attached hydrogen (secondary N) is 1. The van der Waals surface area contributed by atoms with Crippen molar-refractivity contribution >= 4 is 0 Å². The van der Waals surface area contributed by atoms with Crippen LogP contribution in [0.1, 0.15) is 79.6 Å². The highest BCUT2D eigenvalue weighted by molar-refractivity contribution is 5.11. The normalized spacial score (nSPS) is 33.0. The SMILES string of the molecule is CCCC[NH+](CCCC)CCO[C@H]1C[C@@H]2CC[C@]1(C)C2(C)C. The lowest BCUT2D eigenvalue weighted by molar-refractivity contribution is -0.901. The van der Waals surface area contributed by atoms with Crippen LogP contribution >= 0.6 is 0 Å². The van der Waals surface area contributed by atoms with Gasteiger partial charge in [-0.3, -0.25) is 0 Å². The van der Waals surface area contributed by atoms with E-state index in [1.165, 1.54) is 64.6 Å². The van der Waals surface area contributed by atoms with Crippen LogP contribution in [0, 0.1) is 16.7 Å². The van der Waals surface area contributed by atoms with E-state index in [9.17, 15) is 0 Å². The molecule has 0 aliphatic heterocycles. The molecule has 0 saturated heterocycles. The summed E-state index contributed by atoms with van der Waals surface area (Å²) in [6.07, 6.45) is 9.96. The van der Waals surface area contributed by atoms with Gasteiger partial charge in [0.05, 0.1) is 25.8 Å². The summed E-state index contributed by atoms with van der Waals surface area (Å²) in [5, 5.41) is 0. The fourth-order valence-electron chi connectivity index (χ4n) is 4.96. The van der Waals surface area contributed by atoms with Gasteiger partial charge < -0.3 is 9.64 Å². The Morgan fingerprint density at radius 2 is 1.64 bits per heavy atom. The number of rotatable bonds is 10. The lowest BCUT2D eigenvalue weighted by Crippen LogP contribution is -3.12. The lowest BCUT2D eigenvalue weighted by atomic mass is 9.70. The largest absolute Gasteiger partial charge is 0.372 e. The highest BCUT2D eigenvalue weighted by Crippen LogP contribution is 2.66. The number of hydrogen-bond acceptors (Lipinski definition) is 1. The summed E-state index contributed by atoms with van der Waals surface area (Å²) < 4.78 is 6.45. The number of hydrogen-bond donors (Lipinski definition) is 1. The first kappa shape index (κ1) is 18.3. The molecule has 2 saturated carbocycles. The molecule has 1 N–H and O–H groups in total. The van der Waals surface area contributed by atoms with E-state index in [-0.39, 0.29) is 0 Å². The van der Waals surface area contributed by atoms with Crippen LogP contribution in [0.3, 0.4) is 0 Å². The van der Waals surface area contributed by atoms with Gasteiger partial charge in [-0.1, -0.05) is 47.5 Å². The second-order valence-corrected chi connectivity index (χ2v) is 8.68. The minimum atomic E-state index is 0.421. The summed E-state index contributed by atoms with van der Waals surface area (Å²) >= 11 is 0. The molecule has 2 rings (SSSR count). The van der Waals surface area contributed by atoms with Crippen molar-refractivity contribution < 1.29 is 9.64 Å². The number of ether oxygens (including phenoxy) is 1. The van der Waals surface area contributed by atoms with E-state index in [2.05, 4.69) is 34.6 Å². The van der Waals surface area contributed by atoms with E-state index in [0.717, 1.165) is 12.5 Å². The maximum Gasteiger partial charge on any atom is 0.101 e. The summed E-state index contributed by atoms with van der Waals surface area (Å²) in [5.41, 5.74) is 0.902. The second-order valence-electron chi connectivity index (χ2n) is 8.68. The van der Waals surface area contributed by atoms with E-state index >= 15 is 0 Å². The van der Waals surface area contributed by atoms with Crippen LogP contribution in [0.5, 0.6) is 0 Å². The molecule has 0 aromatic rings. The monoisotopic (exact) mass is 310 g/mol. The summed E-state index contributed by atoms with van der Waals surface area (Å²) in [7, 11) is 0. The molecule has 0 aromatic heterocycles. The molecular formula is C20H40NO+. The molecule has 2 aliphatic rings. The molecule has 0 aromatic carbocycles. The Hall–Kier alpha value is -0.0800. The van der Waals surface area contributed by atoms with Crippen molar-refractivity contribution in [3.8, 4) is 0 Å². The van der Waals surface area contributed by atoms with Crippen molar-refractivity contribution in [2.45, 2.75) is 85.7 Å². The average Bonchev–Trinajstić information content (AvgIpc) is 2.82. The maximum absolute atomic E-state index is 6.45. The Bertz CT molecular complexity index is 333. The fourth-order valence-corrected chi connectivity index (χ4v) is 4.96. The van der Waals surface area contributed by atoms with E-state index in [1.54, 1.807) is 4.90 Å². The van der Waals surface area contributed by atoms with Crippen LogP contribution in [0.25, 0.3) is 0 Å². The summed E-state index contributed by atoms with van der Waals surface area (Å²) in [6.45, 7) is 16.9. The Kier molecular flexibility index (Phi) is 6.36. The average molecular weight is 311 g/mol. The van der Waals surface area contributed by atoms with Gasteiger partial charge in [-0.2, -0.15) is 0 Å². The third-order valence-corrected chi connectivity index (χ3v) is 7.26. The van der Waals surface area contributed by atoms with Crippen LogP contribution in [-0.2, 0) is 4.74 Å². The van der Waals surface area contributed by atoms with E-state index in [4.69, 9.17) is 4.74 Å². The molecule has 3 atom stereocenters. The molecule has 0 amide bonds. The van der Waals surface area contributed by atoms with Crippen molar-refractivity contribution in [2.75, 3.05) is 26.2 Å². The second kappa shape index (κ2) is 7.66. The zero-order valence-corrected chi connectivity index (χ0v) is 15.8. The Morgan fingerprint density at radius 1 is 1.00 bits per heavy atom. The molecule has 2 fully saturated rings. The summed E-state index contributed by atoms with van der Waals surface area (Å²) in [6, 6.07) is 0. The Morgan fingerprint density at radius 3 is 2.09 bits per heavy atom. The summed E-state index contributed by atoms with van der Waals surface area (Å²) in [4.78, 5) is 1.76. The van der Waals surface area contributed by atoms with Gasteiger partial charge in [0.15, 0.2) is 0 Å². The highest BCUT2D eigenvalue weighted by atomic mass is 16.5. The first-order valence-electron chi connectivity index (χ1n) is 9.90. The van der Waals surface area contributed by atoms with Crippen molar-refractivity contribution in [1.29, 1.82) is 0 Å². The molecule has 2 aliphatic carbocycles. The van der Waals surface area contributed by atoms with Gasteiger partial charge in [0.1, 0.15) is 6.54 Å². The molecular weight excluding hydrogens is 270 g/mol. The molecule has 2 heteroatoms. The van der Waals surface area contributed by atoms with Crippen LogP contribution in [0.2, 0.25) is 0 Å². The Balaban J connectivity index is 1.78. The standard InChI is InChI=1S/C20H39NO/c1-6-8-12-21(13-9-7-2)14-15-22-18-16-17-10-11-20(18,5)19(17,3)4/h17-18H,6-16H2,1-5H3/p+1/t17-,18-,20-/m0/s1. The topological polar surface area (TPSA) is 13.7 Å². The molecule has 22 heavy (non-hydrogen) atoms. The quantitative estimate of drug-likeness (QED) is 0.649. The predicted molar refractivity (Wildman–Crippen MR) is 94.3 cm³/mol. The predicted octanol–water partition coefficient (Wildman–Crippen LogP) is 3.70. The van der Waals surface area contributed by atoms with Gasteiger partial charge >= 0.3 is 0 Å². The molecule has 0 heterocycles. The number of quaternary nitrogens is 1. The first-order valence-corrected chi connectivity index (χ1v) is 9.90. The van der Waals surface area contributed by atoms with Gasteiger partial charge in [-0.15, -0.1) is 0 Å². The van der Waals surface area contributed by atoms with Gasteiger partial charge in [0, 0.05) is 0 Å². The minimum Gasteiger partial charge on any atom is -0.372 e. The number of fused-ring (bicyclic) bond motifs is 2. The van der Waals surface area contributed by atoms with Gasteiger partial charge in [-0.05, 0) is 48.9 Å². The lowest BCUT2D eigenvalue weighted by Gasteiger charge is -2.39. The van der Waals surface area contributed by atoms with Gasteiger partial charge in [0.2, 0.25) is 0 Å². The van der Waals surface area contributed by atoms with Crippen molar-refractivity contribution in [3.05, 3.63) is 0 Å². The van der Waals surface area contributed by atoms with Crippen molar-refractivity contribution in [1.82, 2.24) is 0 Å². The fraction of sp³-hybridized carbons (Fsp3) is 1.00. The molecule has 2 nitrogen and oxygen atoms in total. The van der Waals surface area contributed by atoms with Crippen LogP contribution in [-0.4, -0.2) is 32.3 Å². The Labute approximate surface area is 139 Å². The van der Waals surface area contributed by atoms with E-state index in [1.807, 2.05) is 0 Å².